The number of carboxylic acids is 1. The van der Waals surface area contributed by atoms with Crippen LogP contribution in [0, 0.1) is 0 Å². The van der Waals surface area contributed by atoms with E-state index in [4.69, 9.17) is 15.3 Å². The van der Waals surface area contributed by atoms with Crippen molar-refractivity contribution in [1.82, 2.24) is 0 Å². The predicted octanol–water partition coefficient (Wildman–Crippen LogP) is -4.23. The number of carbonyl (C=O) groups is 2. The Morgan fingerprint density at radius 1 is 1.06 bits per heavy atom. The minimum atomic E-state index is -2.17. The molecular formula is C8H14O8Se. The number of aliphatic hydroxyl groups excluding tert-OH is 5. The van der Waals surface area contributed by atoms with Gasteiger partial charge in [0.15, 0.2) is 0 Å². The third-order valence-electron chi connectivity index (χ3n) is 2.05. The van der Waals surface area contributed by atoms with Crippen molar-refractivity contribution in [3.63, 3.8) is 0 Å². The van der Waals surface area contributed by atoms with E-state index in [1.807, 2.05) is 0 Å². The molecule has 0 heterocycles. The van der Waals surface area contributed by atoms with E-state index >= 15 is 0 Å². The zero-order valence-electron chi connectivity index (χ0n) is 8.54. The molecule has 0 aromatic rings. The van der Waals surface area contributed by atoms with Crippen molar-refractivity contribution in [1.29, 1.82) is 0 Å². The Morgan fingerprint density at radius 2 is 1.53 bits per heavy atom. The van der Waals surface area contributed by atoms with Crippen LogP contribution in [0.25, 0.3) is 0 Å². The molecular weight excluding hydrogens is 303 g/mol. The fraction of sp³-hybridized carbons (Fsp3) is 0.750. The van der Waals surface area contributed by atoms with Gasteiger partial charge in [-0.1, -0.05) is 0 Å². The zero-order valence-corrected chi connectivity index (χ0v) is 10.4. The monoisotopic (exact) mass is 318 g/mol. The molecule has 0 aliphatic heterocycles. The second kappa shape index (κ2) is 7.02. The van der Waals surface area contributed by atoms with Crippen LogP contribution in [0.1, 0.15) is 0 Å². The van der Waals surface area contributed by atoms with Crippen LogP contribution in [0.5, 0.6) is 0 Å². The first-order valence-corrected chi connectivity index (χ1v) is 5.60. The standard InChI is InChI=1S/C8H14O8Se/c9-1-2(10)3(11)4(12)5(13)6(14)7(17)8(15)16/h2-5,7,9-13,17H,1H2,(H,15,16)/t2-,3-,4+,5-,7?/m1/s1. The molecule has 0 radical (unpaired) electrons. The van der Waals surface area contributed by atoms with Gasteiger partial charge in [-0.3, -0.25) is 0 Å². The fourth-order valence-corrected chi connectivity index (χ4v) is 1.29. The molecule has 0 aliphatic carbocycles. The van der Waals surface area contributed by atoms with Crippen LogP contribution < -0.4 is 0 Å². The summed E-state index contributed by atoms with van der Waals surface area (Å²) in [7, 11) is 0. The van der Waals surface area contributed by atoms with Gasteiger partial charge in [-0.15, -0.1) is 0 Å². The van der Waals surface area contributed by atoms with Crippen LogP contribution in [-0.2, 0) is 9.59 Å². The van der Waals surface area contributed by atoms with E-state index in [1.54, 1.807) is 0 Å². The summed E-state index contributed by atoms with van der Waals surface area (Å²) < 4.78 is 0. The molecule has 0 bridgehead atoms. The molecule has 0 spiro atoms. The Labute approximate surface area is 104 Å². The van der Waals surface area contributed by atoms with E-state index in [-0.39, 0.29) is 0 Å². The normalized spacial score (nSPS) is 20.1. The Bertz CT molecular complexity index is 283. The molecule has 0 rings (SSSR count). The molecule has 8 nitrogen and oxygen atoms in total. The van der Waals surface area contributed by atoms with Crippen LogP contribution in [0.15, 0.2) is 0 Å². The molecule has 0 aromatic heterocycles. The molecule has 0 fully saturated rings. The van der Waals surface area contributed by atoms with E-state index in [0.717, 1.165) is 0 Å². The van der Waals surface area contributed by atoms with Gasteiger partial charge in [0.2, 0.25) is 0 Å². The first-order valence-electron chi connectivity index (χ1n) is 4.51. The van der Waals surface area contributed by atoms with Gasteiger partial charge in [-0.25, -0.2) is 0 Å². The van der Waals surface area contributed by atoms with Crippen LogP contribution in [0.4, 0.5) is 0 Å². The number of carboxylic acid groups (broad SMARTS) is 1. The molecule has 0 aromatic carbocycles. The summed E-state index contributed by atoms with van der Waals surface area (Å²) in [5, 5.41) is 53.7. The van der Waals surface area contributed by atoms with Crippen molar-refractivity contribution >= 4 is 27.8 Å². The van der Waals surface area contributed by atoms with E-state index in [0.29, 0.717) is 0 Å². The van der Waals surface area contributed by atoms with Crippen LogP contribution >= 0.6 is 0 Å². The van der Waals surface area contributed by atoms with E-state index < -0.39 is 47.6 Å². The average molecular weight is 317 g/mol. The summed E-state index contributed by atoms with van der Waals surface area (Å²) in [4.78, 5) is 20.1. The van der Waals surface area contributed by atoms with Crippen molar-refractivity contribution in [2.24, 2.45) is 0 Å². The summed E-state index contributed by atoms with van der Waals surface area (Å²) in [5.41, 5.74) is 0. The second-order valence-corrected chi connectivity index (χ2v) is 4.40. The van der Waals surface area contributed by atoms with Gasteiger partial charge in [0.25, 0.3) is 0 Å². The number of Topliss-reactive ketones (excluding diaryl/α,β-unsaturated/α-hetero) is 1. The molecule has 0 amide bonds. The summed E-state index contributed by atoms with van der Waals surface area (Å²) in [5.74, 6) is -2.74. The molecule has 9 heteroatoms. The minimum absolute atomic E-state index is 0.885. The fourth-order valence-electron chi connectivity index (χ4n) is 0.974. The van der Waals surface area contributed by atoms with Gasteiger partial charge in [-0.2, -0.15) is 0 Å². The topological polar surface area (TPSA) is 156 Å². The third-order valence-corrected chi connectivity index (χ3v) is 3.05. The van der Waals surface area contributed by atoms with Crippen molar-refractivity contribution in [2.75, 3.05) is 6.61 Å². The van der Waals surface area contributed by atoms with Gasteiger partial charge in [0.05, 0.1) is 0 Å². The first kappa shape index (κ1) is 16.5. The van der Waals surface area contributed by atoms with Crippen molar-refractivity contribution in [3.8, 4) is 0 Å². The number of ketones is 1. The number of rotatable bonds is 7. The van der Waals surface area contributed by atoms with E-state index in [9.17, 15) is 24.9 Å². The number of hydrogen-bond donors (Lipinski definition) is 6. The summed E-state index contributed by atoms with van der Waals surface area (Å²) in [6.45, 7) is -0.885. The maximum atomic E-state index is 11.3. The molecule has 17 heavy (non-hydrogen) atoms. The van der Waals surface area contributed by atoms with Gasteiger partial charge >= 0.3 is 104 Å². The molecule has 0 aliphatic rings. The SMILES string of the molecule is O=C(O)C([SeH])C(=O)[C@H](O)[C@@H](O)[C@H](O)[C@H](O)CO. The first-order chi connectivity index (χ1) is 7.73. The summed E-state index contributed by atoms with van der Waals surface area (Å²) in [6.07, 6.45) is -7.97. The molecule has 0 saturated heterocycles. The summed E-state index contributed by atoms with van der Waals surface area (Å²) in [6, 6.07) is 0. The quantitative estimate of drug-likeness (QED) is 0.204. The number of aliphatic hydroxyl groups is 5. The van der Waals surface area contributed by atoms with Crippen LogP contribution in [0.3, 0.4) is 0 Å². The second-order valence-electron chi connectivity index (χ2n) is 3.32. The van der Waals surface area contributed by atoms with E-state index in [1.165, 1.54) is 16.0 Å². The van der Waals surface area contributed by atoms with E-state index in [2.05, 4.69) is 0 Å². The average Bonchev–Trinajstić information content (AvgIpc) is 2.32. The van der Waals surface area contributed by atoms with Gasteiger partial charge in [0.1, 0.15) is 0 Å². The third kappa shape index (κ3) is 4.32. The zero-order chi connectivity index (χ0) is 13.7. The molecule has 1 unspecified atom stereocenters. The molecule has 100 valence electrons. The molecule has 5 atom stereocenters. The van der Waals surface area contributed by atoms with Gasteiger partial charge in [0, 0.05) is 0 Å². The predicted molar refractivity (Wildman–Crippen MR) is 54.7 cm³/mol. The van der Waals surface area contributed by atoms with Gasteiger partial charge < -0.3 is 0 Å². The summed E-state index contributed by atoms with van der Waals surface area (Å²) >= 11 is 1.49. The number of carbonyl (C=O) groups excluding carboxylic acids is 1. The Hall–Kier alpha value is -0.541. The number of aliphatic carboxylic acids is 1. The van der Waals surface area contributed by atoms with Gasteiger partial charge in [-0.05, 0) is 0 Å². The Balaban J connectivity index is 4.64. The van der Waals surface area contributed by atoms with Crippen LogP contribution in [0.2, 0.25) is 4.82 Å². The molecule has 6 N–H and O–H groups in total. The maximum absolute atomic E-state index is 11.3. The van der Waals surface area contributed by atoms with Crippen molar-refractivity contribution < 1.29 is 40.2 Å². The van der Waals surface area contributed by atoms with Crippen molar-refractivity contribution in [3.05, 3.63) is 0 Å². The number of hydrogen-bond acceptors (Lipinski definition) is 7. The van der Waals surface area contributed by atoms with Crippen molar-refractivity contribution in [2.45, 2.75) is 29.2 Å². The Kier molecular flexibility index (Phi) is 6.80. The molecule has 0 saturated carbocycles. The van der Waals surface area contributed by atoms with Crippen LogP contribution in [-0.4, -0.2) is 89.4 Å². The Morgan fingerprint density at radius 3 is 1.88 bits per heavy atom.